The van der Waals surface area contributed by atoms with Gasteiger partial charge in [0.1, 0.15) is 0 Å². The molecule has 0 amide bonds. The predicted molar refractivity (Wildman–Crippen MR) is 74.6 cm³/mol. The van der Waals surface area contributed by atoms with Gasteiger partial charge in [0.15, 0.2) is 0 Å². The highest BCUT2D eigenvalue weighted by molar-refractivity contribution is 5.31. The van der Waals surface area contributed by atoms with Crippen molar-refractivity contribution >= 4 is 0 Å². The second kappa shape index (κ2) is 4.09. The van der Waals surface area contributed by atoms with E-state index >= 15 is 0 Å². The Bertz CT molecular complexity index is 427. The third-order valence-electron chi connectivity index (χ3n) is 5.01. The molecule has 98 valence electrons. The van der Waals surface area contributed by atoms with Gasteiger partial charge in [0, 0.05) is 0 Å². The van der Waals surface area contributed by atoms with Crippen LogP contribution in [0.15, 0.2) is 24.3 Å². The Labute approximate surface area is 110 Å². The maximum absolute atomic E-state index is 10.8. The average molecular weight is 244 g/mol. The van der Waals surface area contributed by atoms with E-state index in [-0.39, 0.29) is 5.41 Å². The molecule has 0 spiro atoms. The summed E-state index contributed by atoms with van der Waals surface area (Å²) in [5, 5.41) is 10.8. The molecule has 0 aliphatic heterocycles. The topological polar surface area (TPSA) is 20.2 Å². The van der Waals surface area contributed by atoms with Crippen molar-refractivity contribution in [1.82, 2.24) is 0 Å². The Morgan fingerprint density at radius 3 is 2.17 bits per heavy atom. The van der Waals surface area contributed by atoms with Crippen LogP contribution in [0.5, 0.6) is 0 Å². The van der Waals surface area contributed by atoms with E-state index in [1.165, 1.54) is 24.8 Å². The molecular formula is C17H24O. The van der Waals surface area contributed by atoms with E-state index in [0.717, 1.165) is 30.7 Å². The Kier molecular flexibility index (Phi) is 2.78. The fourth-order valence-corrected chi connectivity index (χ4v) is 3.57. The molecule has 2 saturated carbocycles. The second-order valence-electron chi connectivity index (χ2n) is 7.12. The van der Waals surface area contributed by atoms with E-state index in [1.807, 2.05) is 0 Å². The largest absolute Gasteiger partial charge is 0.385 e. The van der Waals surface area contributed by atoms with Crippen LogP contribution in [0.2, 0.25) is 0 Å². The highest BCUT2D eigenvalue weighted by Gasteiger charge is 2.42. The summed E-state index contributed by atoms with van der Waals surface area (Å²) < 4.78 is 0. The Hall–Kier alpha value is -0.820. The van der Waals surface area contributed by atoms with Gasteiger partial charge in [-0.2, -0.15) is 0 Å². The molecule has 1 heteroatoms. The van der Waals surface area contributed by atoms with Gasteiger partial charge in [-0.3, -0.25) is 0 Å². The summed E-state index contributed by atoms with van der Waals surface area (Å²) in [7, 11) is 0. The Balaban J connectivity index is 1.80. The second-order valence-corrected chi connectivity index (χ2v) is 7.12. The van der Waals surface area contributed by atoms with Gasteiger partial charge >= 0.3 is 0 Å². The van der Waals surface area contributed by atoms with Crippen LogP contribution in [-0.4, -0.2) is 5.11 Å². The normalized spacial score (nSPS) is 31.3. The molecule has 1 aromatic rings. The quantitative estimate of drug-likeness (QED) is 0.820. The summed E-state index contributed by atoms with van der Waals surface area (Å²) in [4.78, 5) is 0. The van der Waals surface area contributed by atoms with Crippen LogP contribution in [-0.2, 0) is 5.60 Å². The first kappa shape index (κ1) is 12.2. The first-order valence-corrected chi connectivity index (χ1v) is 7.31. The number of benzene rings is 1. The van der Waals surface area contributed by atoms with E-state index in [0.29, 0.717) is 0 Å². The van der Waals surface area contributed by atoms with Crippen molar-refractivity contribution in [2.75, 3.05) is 0 Å². The maximum Gasteiger partial charge on any atom is 0.0901 e. The van der Waals surface area contributed by atoms with Crippen molar-refractivity contribution in [2.45, 2.75) is 63.9 Å². The minimum Gasteiger partial charge on any atom is -0.385 e. The zero-order valence-electron chi connectivity index (χ0n) is 11.6. The zero-order chi connectivity index (χ0) is 12.8. The van der Waals surface area contributed by atoms with E-state index in [1.54, 1.807) is 0 Å². The molecule has 18 heavy (non-hydrogen) atoms. The van der Waals surface area contributed by atoms with Crippen LogP contribution >= 0.6 is 0 Å². The van der Waals surface area contributed by atoms with Crippen molar-refractivity contribution < 1.29 is 5.11 Å². The predicted octanol–water partition coefficient (Wildman–Crippen LogP) is 4.35. The number of aliphatic hydroxyl groups is 1. The van der Waals surface area contributed by atoms with E-state index in [2.05, 4.69) is 38.1 Å². The van der Waals surface area contributed by atoms with Crippen LogP contribution in [0.3, 0.4) is 0 Å². The van der Waals surface area contributed by atoms with Crippen LogP contribution in [0.4, 0.5) is 0 Å². The summed E-state index contributed by atoms with van der Waals surface area (Å²) in [5.41, 5.74) is 2.28. The highest BCUT2D eigenvalue weighted by atomic mass is 16.3. The molecule has 0 bridgehead atoms. The maximum atomic E-state index is 10.8. The fraction of sp³-hybridized carbons (Fsp3) is 0.647. The number of hydrogen-bond acceptors (Lipinski definition) is 1. The molecule has 0 heterocycles. The minimum absolute atomic E-state index is 0.279. The van der Waals surface area contributed by atoms with Crippen molar-refractivity contribution in [3.63, 3.8) is 0 Å². The Morgan fingerprint density at radius 2 is 1.72 bits per heavy atom. The Morgan fingerprint density at radius 1 is 1.06 bits per heavy atom. The molecule has 2 aliphatic carbocycles. The molecule has 1 N–H and O–H groups in total. The fourth-order valence-electron chi connectivity index (χ4n) is 3.57. The van der Waals surface area contributed by atoms with E-state index in [9.17, 15) is 5.11 Å². The molecule has 2 fully saturated rings. The summed E-state index contributed by atoms with van der Waals surface area (Å²) in [6, 6.07) is 8.80. The molecule has 3 rings (SSSR count). The van der Waals surface area contributed by atoms with Gasteiger partial charge in [-0.1, -0.05) is 44.5 Å². The molecular weight excluding hydrogens is 220 g/mol. The number of rotatable bonds is 2. The molecule has 0 aromatic heterocycles. The lowest BCUT2D eigenvalue weighted by Crippen LogP contribution is -2.23. The van der Waals surface area contributed by atoms with Crippen LogP contribution in [0.1, 0.15) is 69.4 Å². The highest BCUT2D eigenvalue weighted by Crippen LogP contribution is 2.49. The van der Waals surface area contributed by atoms with Crippen molar-refractivity contribution in [3.05, 3.63) is 35.4 Å². The van der Waals surface area contributed by atoms with Gasteiger partial charge in [0.05, 0.1) is 5.60 Å². The van der Waals surface area contributed by atoms with Crippen LogP contribution in [0.25, 0.3) is 0 Å². The van der Waals surface area contributed by atoms with Crippen LogP contribution in [0, 0.1) is 5.41 Å². The van der Waals surface area contributed by atoms with Gasteiger partial charge in [0.25, 0.3) is 0 Å². The third kappa shape index (κ3) is 2.09. The average Bonchev–Trinajstić information content (AvgIpc) is 2.53. The lowest BCUT2D eigenvalue weighted by atomic mass is 9.79. The minimum atomic E-state index is -0.582. The van der Waals surface area contributed by atoms with Crippen molar-refractivity contribution in [2.24, 2.45) is 5.41 Å². The van der Waals surface area contributed by atoms with Crippen LogP contribution < -0.4 is 0 Å². The van der Waals surface area contributed by atoms with Gasteiger partial charge in [-0.15, -0.1) is 0 Å². The molecule has 0 saturated heterocycles. The summed E-state index contributed by atoms with van der Waals surface area (Å²) in [5.74, 6) is 0.786. The molecule has 1 unspecified atom stereocenters. The summed E-state index contributed by atoms with van der Waals surface area (Å²) in [6.45, 7) is 4.52. The molecule has 1 atom stereocenters. The molecule has 0 radical (unpaired) electrons. The van der Waals surface area contributed by atoms with Gasteiger partial charge < -0.3 is 5.11 Å². The first-order chi connectivity index (χ1) is 8.49. The number of hydrogen-bond donors (Lipinski definition) is 1. The molecule has 1 aromatic carbocycles. The SMILES string of the molecule is CC1(C)CCC(O)(c2ccc(C3CCC3)cc2)C1. The zero-order valence-corrected chi connectivity index (χ0v) is 11.6. The molecule has 2 aliphatic rings. The van der Waals surface area contributed by atoms with Gasteiger partial charge in [-0.25, -0.2) is 0 Å². The first-order valence-electron chi connectivity index (χ1n) is 7.31. The van der Waals surface area contributed by atoms with Crippen molar-refractivity contribution in [1.29, 1.82) is 0 Å². The summed E-state index contributed by atoms with van der Waals surface area (Å²) >= 11 is 0. The van der Waals surface area contributed by atoms with E-state index < -0.39 is 5.60 Å². The lowest BCUT2D eigenvalue weighted by molar-refractivity contribution is 0.0338. The molecule has 1 nitrogen and oxygen atoms in total. The monoisotopic (exact) mass is 244 g/mol. The van der Waals surface area contributed by atoms with Crippen molar-refractivity contribution in [3.8, 4) is 0 Å². The van der Waals surface area contributed by atoms with E-state index in [4.69, 9.17) is 0 Å². The summed E-state index contributed by atoms with van der Waals surface area (Å²) in [6.07, 6.45) is 6.98. The lowest BCUT2D eigenvalue weighted by Gasteiger charge is -2.28. The smallest absolute Gasteiger partial charge is 0.0901 e. The standard InChI is InChI=1S/C17H24O/c1-16(2)10-11-17(18,12-16)15-8-6-14(7-9-15)13-4-3-5-13/h6-9,13,18H,3-5,10-12H2,1-2H3. The van der Waals surface area contributed by atoms with Gasteiger partial charge in [-0.05, 0) is 54.6 Å². The van der Waals surface area contributed by atoms with Gasteiger partial charge in [0.2, 0.25) is 0 Å². The third-order valence-corrected chi connectivity index (χ3v) is 5.01.